The molecule has 5 nitrogen and oxygen atoms in total. The number of carbonyl (C=O) groups excluding carboxylic acids is 1. The SMILES string of the molecule is CCC1(COc2ccc(-c3ccc4c(c3)c3ccccc3n4-c3ccc(NC(C)=O)cc3)cc2)COC1. The lowest BCUT2D eigenvalue weighted by molar-refractivity contribution is -0.133. The number of fused-ring (bicyclic) bond motifs is 3. The third-order valence-corrected chi connectivity index (χ3v) is 7.42. The van der Waals surface area contributed by atoms with Crippen molar-refractivity contribution in [1.29, 1.82) is 0 Å². The molecule has 6 rings (SSSR count). The molecule has 0 bridgehead atoms. The van der Waals surface area contributed by atoms with Gasteiger partial charge in [0, 0.05) is 29.1 Å². The molecule has 186 valence electrons. The maximum atomic E-state index is 11.4. The number of nitrogens with zero attached hydrogens (tertiary/aromatic N) is 1. The number of carbonyl (C=O) groups is 1. The van der Waals surface area contributed by atoms with Gasteiger partial charge in [-0.1, -0.05) is 43.3 Å². The Morgan fingerprint density at radius 3 is 2.27 bits per heavy atom. The fraction of sp³-hybridized carbons (Fsp3) is 0.219. The van der Waals surface area contributed by atoms with Crippen molar-refractivity contribution < 1.29 is 14.3 Å². The topological polar surface area (TPSA) is 52.5 Å². The zero-order chi connectivity index (χ0) is 25.4. The molecule has 1 aromatic heterocycles. The van der Waals surface area contributed by atoms with E-state index in [9.17, 15) is 4.79 Å². The molecule has 1 amide bonds. The predicted molar refractivity (Wildman–Crippen MR) is 150 cm³/mol. The van der Waals surface area contributed by atoms with Gasteiger partial charge in [0.05, 0.1) is 36.3 Å². The van der Waals surface area contributed by atoms with Gasteiger partial charge in [-0.15, -0.1) is 0 Å². The highest BCUT2D eigenvalue weighted by Crippen LogP contribution is 2.36. The molecular formula is C32H30N2O3. The second-order valence-corrected chi connectivity index (χ2v) is 9.97. The number of aromatic nitrogens is 1. The maximum Gasteiger partial charge on any atom is 0.221 e. The molecular weight excluding hydrogens is 460 g/mol. The van der Waals surface area contributed by atoms with Crippen LogP contribution in [0.3, 0.4) is 0 Å². The second-order valence-electron chi connectivity index (χ2n) is 9.97. The average Bonchev–Trinajstić information content (AvgIpc) is 3.23. The zero-order valence-electron chi connectivity index (χ0n) is 21.2. The largest absolute Gasteiger partial charge is 0.493 e. The van der Waals surface area contributed by atoms with Crippen LogP contribution in [0.25, 0.3) is 38.6 Å². The van der Waals surface area contributed by atoms with Gasteiger partial charge in [-0.25, -0.2) is 0 Å². The van der Waals surface area contributed by atoms with E-state index < -0.39 is 0 Å². The van der Waals surface area contributed by atoms with Crippen molar-refractivity contribution in [3.05, 3.63) is 91.0 Å². The van der Waals surface area contributed by atoms with Crippen LogP contribution in [0, 0.1) is 5.41 Å². The van der Waals surface area contributed by atoms with Crippen LogP contribution >= 0.6 is 0 Å². The molecule has 37 heavy (non-hydrogen) atoms. The van der Waals surface area contributed by atoms with Gasteiger partial charge in [0.1, 0.15) is 5.75 Å². The van der Waals surface area contributed by atoms with Crippen LogP contribution in [-0.4, -0.2) is 30.3 Å². The number of para-hydroxylation sites is 1. The Bertz CT molecular complexity index is 1570. The van der Waals surface area contributed by atoms with Crippen molar-refractivity contribution in [3.8, 4) is 22.6 Å². The molecule has 0 atom stereocenters. The minimum Gasteiger partial charge on any atom is -0.493 e. The number of ether oxygens (including phenoxy) is 2. The number of rotatable bonds is 7. The summed E-state index contributed by atoms with van der Waals surface area (Å²) in [6.45, 7) is 5.98. The van der Waals surface area contributed by atoms with Crippen molar-refractivity contribution in [2.75, 3.05) is 25.1 Å². The van der Waals surface area contributed by atoms with E-state index in [2.05, 4.69) is 83.5 Å². The van der Waals surface area contributed by atoms with E-state index in [1.807, 2.05) is 24.3 Å². The van der Waals surface area contributed by atoms with Crippen molar-refractivity contribution in [3.63, 3.8) is 0 Å². The molecule has 5 heteroatoms. The van der Waals surface area contributed by atoms with Gasteiger partial charge in [-0.2, -0.15) is 0 Å². The normalized spacial score (nSPS) is 14.4. The summed E-state index contributed by atoms with van der Waals surface area (Å²) < 4.78 is 13.8. The van der Waals surface area contributed by atoms with Crippen LogP contribution in [0.4, 0.5) is 5.69 Å². The minimum absolute atomic E-state index is 0.0745. The Hall–Kier alpha value is -4.09. The van der Waals surface area contributed by atoms with Crippen molar-refractivity contribution in [2.45, 2.75) is 20.3 Å². The van der Waals surface area contributed by atoms with Crippen molar-refractivity contribution in [2.24, 2.45) is 5.41 Å². The number of benzene rings is 4. The van der Waals surface area contributed by atoms with E-state index in [0.29, 0.717) is 6.61 Å². The van der Waals surface area contributed by atoms with Gasteiger partial charge in [0.25, 0.3) is 0 Å². The molecule has 4 aromatic carbocycles. The summed E-state index contributed by atoms with van der Waals surface area (Å²) in [6.07, 6.45) is 1.07. The van der Waals surface area contributed by atoms with Gasteiger partial charge in [0.2, 0.25) is 5.91 Å². The molecule has 0 spiro atoms. The van der Waals surface area contributed by atoms with E-state index in [4.69, 9.17) is 9.47 Å². The van der Waals surface area contributed by atoms with Crippen LogP contribution in [-0.2, 0) is 9.53 Å². The zero-order valence-corrected chi connectivity index (χ0v) is 21.2. The monoisotopic (exact) mass is 490 g/mol. The van der Waals surface area contributed by atoms with E-state index in [-0.39, 0.29) is 11.3 Å². The number of hydrogen-bond donors (Lipinski definition) is 1. The first-order valence-electron chi connectivity index (χ1n) is 12.8. The molecule has 0 aliphatic carbocycles. The van der Waals surface area contributed by atoms with E-state index in [0.717, 1.165) is 53.4 Å². The molecule has 1 N–H and O–H groups in total. The molecule has 1 fully saturated rings. The highest BCUT2D eigenvalue weighted by atomic mass is 16.5. The van der Waals surface area contributed by atoms with Gasteiger partial charge < -0.3 is 19.4 Å². The molecule has 1 aliphatic rings. The molecule has 2 heterocycles. The van der Waals surface area contributed by atoms with Gasteiger partial charge in [-0.3, -0.25) is 4.79 Å². The summed E-state index contributed by atoms with van der Waals surface area (Å²) in [7, 11) is 0. The molecule has 5 aromatic rings. The summed E-state index contributed by atoms with van der Waals surface area (Å²) in [5.41, 5.74) is 6.62. The first kappa shape index (κ1) is 23.3. The van der Waals surface area contributed by atoms with Crippen molar-refractivity contribution in [1.82, 2.24) is 4.57 Å². The second kappa shape index (κ2) is 9.41. The smallest absolute Gasteiger partial charge is 0.221 e. The summed E-state index contributed by atoms with van der Waals surface area (Å²) in [5.74, 6) is 0.818. The Morgan fingerprint density at radius 2 is 1.59 bits per heavy atom. The Kier molecular flexibility index (Phi) is 5.93. The van der Waals surface area contributed by atoms with Gasteiger partial charge >= 0.3 is 0 Å². The molecule has 0 radical (unpaired) electrons. The van der Waals surface area contributed by atoms with Crippen LogP contribution in [0.2, 0.25) is 0 Å². The fourth-order valence-electron chi connectivity index (χ4n) is 5.09. The average molecular weight is 491 g/mol. The lowest BCUT2D eigenvalue weighted by Gasteiger charge is -2.40. The Morgan fingerprint density at radius 1 is 0.892 bits per heavy atom. The molecule has 0 saturated carbocycles. The van der Waals surface area contributed by atoms with Gasteiger partial charge in [-0.05, 0) is 72.1 Å². The van der Waals surface area contributed by atoms with Crippen LogP contribution in [0.1, 0.15) is 20.3 Å². The summed E-state index contributed by atoms with van der Waals surface area (Å²) >= 11 is 0. The number of amides is 1. The van der Waals surface area contributed by atoms with Crippen LogP contribution in [0.15, 0.2) is 91.0 Å². The Labute approximate surface area is 216 Å². The Balaban J connectivity index is 1.33. The van der Waals surface area contributed by atoms with Crippen LogP contribution in [0.5, 0.6) is 5.75 Å². The lowest BCUT2D eigenvalue weighted by atomic mass is 9.84. The minimum atomic E-state index is -0.0745. The highest BCUT2D eigenvalue weighted by molar-refractivity contribution is 6.10. The standard InChI is InChI=1S/C32H30N2O3/c1-3-32(19-36-20-32)21-37-27-15-8-23(9-16-27)24-10-17-31-29(18-24)28-6-4-5-7-30(28)34(31)26-13-11-25(12-14-26)33-22(2)35/h4-18H,3,19-21H2,1-2H3,(H,33,35). The molecule has 1 aliphatic heterocycles. The number of hydrogen-bond acceptors (Lipinski definition) is 3. The summed E-state index contributed by atoms with van der Waals surface area (Å²) in [5, 5.41) is 5.25. The van der Waals surface area contributed by atoms with Crippen LogP contribution < -0.4 is 10.1 Å². The summed E-state index contributed by atoms with van der Waals surface area (Å²) in [4.78, 5) is 11.4. The number of nitrogens with one attached hydrogen (secondary N) is 1. The highest BCUT2D eigenvalue weighted by Gasteiger charge is 2.37. The first-order chi connectivity index (χ1) is 18.0. The summed E-state index contributed by atoms with van der Waals surface area (Å²) in [6, 6.07) is 31.5. The third kappa shape index (κ3) is 4.36. The number of anilines is 1. The van der Waals surface area contributed by atoms with Crippen molar-refractivity contribution >= 4 is 33.4 Å². The predicted octanol–water partition coefficient (Wildman–Crippen LogP) is 7.21. The third-order valence-electron chi connectivity index (χ3n) is 7.42. The van der Waals surface area contributed by atoms with E-state index in [1.54, 1.807) is 0 Å². The maximum absolute atomic E-state index is 11.4. The quantitative estimate of drug-likeness (QED) is 0.262. The first-order valence-corrected chi connectivity index (χ1v) is 12.8. The fourth-order valence-corrected chi connectivity index (χ4v) is 5.09. The molecule has 0 unspecified atom stereocenters. The van der Waals surface area contributed by atoms with E-state index in [1.165, 1.54) is 23.3 Å². The molecule has 1 saturated heterocycles. The lowest BCUT2D eigenvalue weighted by Crippen LogP contribution is -2.46. The van der Waals surface area contributed by atoms with E-state index >= 15 is 0 Å². The van der Waals surface area contributed by atoms with Gasteiger partial charge in [0.15, 0.2) is 0 Å².